The molecule has 10 heteroatoms. The Kier molecular flexibility index (Phi) is 7.03. The third kappa shape index (κ3) is 5.28. The van der Waals surface area contributed by atoms with E-state index >= 15 is 0 Å². The van der Waals surface area contributed by atoms with Gasteiger partial charge in [-0.2, -0.15) is 9.50 Å². The fourth-order valence-electron chi connectivity index (χ4n) is 3.81. The summed E-state index contributed by atoms with van der Waals surface area (Å²) in [6.45, 7) is 1.66. The molecule has 0 aliphatic rings. The number of imidazole rings is 1. The lowest BCUT2D eigenvalue weighted by Crippen LogP contribution is -2.25. The van der Waals surface area contributed by atoms with Gasteiger partial charge in [0.25, 0.3) is 0 Å². The number of hydrogen-bond donors (Lipinski definition) is 1. The van der Waals surface area contributed by atoms with Gasteiger partial charge in [0, 0.05) is 13.1 Å². The minimum atomic E-state index is 0.460. The topological polar surface area (TPSA) is 90.0 Å². The number of nitrogens with one attached hydrogen (secondary N) is 1. The molecule has 0 unspecified atom stereocenters. The third-order valence-corrected chi connectivity index (χ3v) is 6.21. The van der Waals surface area contributed by atoms with Crippen molar-refractivity contribution in [2.45, 2.75) is 19.6 Å². The molecule has 0 aliphatic heterocycles. The maximum Gasteiger partial charge on any atom is 0.243 e. The summed E-state index contributed by atoms with van der Waals surface area (Å²) in [7, 11) is 3.33. The SMILES string of the molecule is COc1ccc(CN(Cc2ccc(OC)cc2)c2nc(NCc3ccco3)nn3c(Br)cnc23)cc1. The van der Waals surface area contributed by atoms with Gasteiger partial charge in [-0.05, 0) is 63.5 Å². The molecule has 3 aromatic heterocycles. The number of halogens is 1. The van der Waals surface area contributed by atoms with E-state index in [1.165, 1.54) is 0 Å². The van der Waals surface area contributed by atoms with Crippen LogP contribution in [0.4, 0.5) is 11.8 Å². The zero-order valence-electron chi connectivity index (χ0n) is 19.9. The molecule has 0 saturated heterocycles. The van der Waals surface area contributed by atoms with Crippen molar-refractivity contribution >= 4 is 33.3 Å². The summed E-state index contributed by atoms with van der Waals surface area (Å²) >= 11 is 3.56. The van der Waals surface area contributed by atoms with Crippen LogP contribution in [0.1, 0.15) is 16.9 Å². The molecule has 36 heavy (non-hydrogen) atoms. The lowest BCUT2D eigenvalue weighted by molar-refractivity contribution is 0.414. The zero-order valence-corrected chi connectivity index (χ0v) is 21.5. The Morgan fingerprint density at radius 2 is 1.58 bits per heavy atom. The first kappa shape index (κ1) is 23.7. The summed E-state index contributed by atoms with van der Waals surface area (Å²) in [5.74, 6) is 3.57. The molecule has 0 aliphatic carbocycles. The molecule has 184 valence electrons. The fraction of sp³-hybridized carbons (Fsp3) is 0.192. The van der Waals surface area contributed by atoms with Gasteiger partial charge in [0.2, 0.25) is 5.95 Å². The van der Waals surface area contributed by atoms with Crippen molar-refractivity contribution < 1.29 is 13.9 Å². The molecule has 2 aromatic carbocycles. The van der Waals surface area contributed by atoms with E-state index in [2.05, 4.69) is 60.5 Å². The lowest BCUT2D eigenvalue weighted by Gasteiger charge is -2.25. The molecule has 0 bridgehead atoms. The number of ether oxygens (including phenoxy) is 2. The predicted octanol–water partition coefficient (Wildman–Crippen LogP) is 5.32. The Morgan fingerprint density at radius 3 is 2.14 bits per heavy atom. The van der Waals surface area contributed by atoms with Crippen LogP contribution in [0.3, 0.4) is 0 Å². The number of methoxy groups -OCH3 is 2. The van der Waals surface area contributed by atoms with Gasteiger partial charge in [0.1, 0.15) is 21.9 Å². The van der Waals surface area contributed by atoms with Gasteiger partial charge < -0.3 is 24.1 Å². The average molecular weight is 549 g/mol. The Bertz CT molecular complexity index is 1370. The van der Waals surface area contributed by atoms with Crippen molar-refractivity contribution in [2.24, 2.45) is 0 Å². The first-order chi connectivity index (χ1) is 17.6. The lowest BCUT2D eigenvalue weighted by atomic mass is 10.1. The van der Waals surface area contributed by atoms with E-state index in [9.17, 15) is 0 Å². The van der Waals surface area contributed by atoms with Gasteiger partial charge in [-0.1, -0.05) is 24.3 Å². The van der Waals surface area contributed by atoms with Gasteiger partial charge in [0.15, 0.2) is 11.5 Å². The van der Waals surface area contributed by atoms with Crippen molar-refractivity contribution in [3.05, 3.63) is 94.6 Å². The Labute approximate surface area is 216 Å². The summed E-state index contributed by atoms with van der Waals surface area (Å²) in [5.41, 5.74) is 2.86. The van der Waals surface area contributed by atoms with Crippen molar-refractivity contribution in [3.8, 4) is 11.5 Å². The van der Waals surface area contributed by atoms with Crippen molar-refractivity contribution in [2.75, 3.05) is 24.4 Å². The minimum Gasteiger partial charge on any atom is -0.497 e. The number of anilines is 2. The summed E-state index contributed by atoms with van der Waals surface area (Å²) < 4.78 is 18.6. The number of hydrogen-bond acceptors (Lipinski definition) is 8. The molecule has 0 fully saturated rings. The van der Waals surface area contributed by atoms with Crippen LogP contribution in [-0.4, -0.2) is 33.8 Å². The molecule has 0 radical (unpaired) electrons. The highest BCUT2D eigenvalue weighted by atomic mass is 79.9. The molecular weight excluding hydrogens is 524 g/mol. The molecular formula is C26H25BrN6O3. The van der Waals surface area contributed by atoms with E-state index in [1.54, 1.807) is 31.2 Å². The minimum absolute atomic E-state index is 0.460. The van der Waals surface area contributed by atoms with Gasteiger partial charge in [0.05, 0.1) is 33.2 Å². The van der Waals surface area contributed by atoms with Gasteiger partial charge >= 0.3 is 0 Å². The van der Waals surface area contributed by atoms with E-state index in [4.69, 9.17) is 18.9 Å². The van der Waals surface area contributed by atoms with Crippen LogP contribution in [0.25, 0.3) is 5.65 Å². The standard InChI is InChI=1S/C26H25BrN6O3/c1-34-20-9-5-18(6-10-20)16-32(17-19-7-11-21(35-2)12-8-19)25-24-28-15-23(27)33(24)31-26(30-25)29-14-22-4-3-13-36-22/h3-13,15H,14,16-17H2,1-2H3,(H,29,31). The van der Waals surface area contributed by atoms with Crippen molar-refractivity contribution in [3.63, 3.8) is 0 Å². The number of rotatable bonds is 10. The van der Waals surface area contributed by atoms with Gasteiger partial charge in [-0.25, -0.2) is 4.98 Å². The Hall–Kier alpha value is -4.05. The largest absolute Gasteiger partial charge is 0.497 e. The van der Waals surface area contributed by atoms with Crippen LogP contribution in [0, 0.1) is 0 Å². The molecule has 5 aromatic rings. The molecule has 5 rings (SSSR count). The van der Waals surface area contributed by atoms with Crippen LogP contribution in [0.5, 0.6) is 11.5 Å². The molecule has 9 nitrogen and oxygen atoms in total. The maximum atomic E-state index is 5.45. The molecule has 0 spiro atoms. The van der Waals surface area contributed by atoms with Crippen LogP contribution in [-0.2, 0) is 19.6 Å². The number of nitrogens with zero attached hydrogens (tertiary/aromatic N) is 5. The number of fused-ring (bicyclic) bond motifs is 1. The fourth-order valence-corrected chi connectivity index (χ4v) is 4.16. The number of benzene rings is 2. The second-order valence-electron chi connectivity index (χ2n) is 8.06. The van der Waals surface area contributed by atoms with Crippen LogP contribution in [0.2, 0.25) is 0 Å². The van der Waals surface area contributed by atoms with Gasteiger partial charge in [-0.3, -0.25) is 0 Å². The Balaban J connectivity index is 1.53. The first-order valence-corrected chi connectivity index (χ1v) is 12.1. The van der Waals surface area contributed by atoms with Crippen molar-refractivity contribution in [1.29, 1.82) is 0 Å². The van der Waals surface area contributed by atoms with E-state index < -0.39 is 0 Å². The first-order valence-electron chi connectivity index (χ1n) is 11.3. The normalized spacial score (nSPS) is 11.0. The monoisotopic (exact) mass is 548 g/mol. The molecule has 0 amide bonds. The Morgan fingerprint density at radius 1 is 0.944 bits per heavy atom. The highest BCUT2D eigenvalue weighted by Gasteiger charge is 2.19. The van der Waals surface area contributed by atoms with Crippen LogP contribution >= 0.6 is 15.9 Å². The second kappa shape index (κ2) is 10.7. The molecule has 0 atom stereocenters. The van der Waals surface area contributed by atoms with Gasteiger partial charge in [-0.15, -0.1) is 5.10 Å². The second-order valence-corrected chi connectivity index (χ2v) is 8.87. The summed E-state index contributed by atoms with van der Waals surface area (Å²) in [5, 5.41) is 7.88. The third-order valence-electron chi connectivity index (χ3n) is 5.67. The zero-order chi connectivity index (χ0) is 24.9. The van der Waals surface area contributed by atoms with Crippen LogP contribution in [0.15, 0.2) is 82.1 Å². The predicted molar refractivity (Wildman–Crippen MR) is 140 cm³/mol. The maximum absolute atomic E-state index is 5.45. The summed E-state index contributed by atoms with van der Waals surface area (Å²) in [4.78, 5) is 11.7. The van der Waals surface area contributed by atoms with E-state index in [-0.39, 0.29) is 0 Å². The average Bonchev–Trinajstić information content (AvgIpc) is 3.57. The van der Waals surface area contributed by atoms with Crippen molar-refractivity contribution in [1.82, 2.24) is 19.6 Å². The highest BCUT2D eigenvalue weighted by molar-refractivity contribution is 9.10. The van der Waals surface area contributed by atoms with E-state index in [0.29, 0.717) is 37.0 Å². The molecule has 1 N–H and O–H groups in total. The van der Waals surface area contributed by atoms with Crippen LogP contribution < -0.4 is 19.7 Å². The highest BCUT2D eigenvalue weighted by Crippen LogP contribution is 2.27. The van der Waals surface area contributed by atoms with E-state index in [0.717, 1.165) is 33.0 Å². The number of aromatic nitrogens is 4. The summed E-state index contributed by atoms with van der Waals surface area (Å²) in [6, 6.07) is 19.8. The number of furan rings is 1. The van der Waals surface area contributed by atoms with E-state index in [1.807, 2.05) is 36.4 Å². The molecule has 0 saturated carbocycles. The molecule has 3 heterocycles. The summed E-state index contributed by atoms with van der Waals surface area (Å²) in [6.07, 6.45) is 3.37. The smallest absolute Gasteiger partial charge is 0.243 e. The quantitative estimate of drug-likeness (QED) is 0.251.